The molecule has 0 saturated heterocycles. The van der Waals surface area contributed by atoms with E-state index >= 15 is 0 Å². The Hall–Kier alpha value is -1.52. The first-order valence-corrected chi connectivity index (χ1v) is 4.56. The summed E-state index contributed by atoms with van der Waals surface area (Å²) in [6.45, 7) is 2.20. The Kier molecular flexibility index (Phi) is 5.56. The zero-order chi connectivity index (χ0) is 9.97. The van der Waals surface area contributed by atoms with Gasteiger partial charge in [0, 0.05) is 17.1 Å². The number of benzene rings is 1. The largest absolute Gasteiger partial charge is 0.462 e. The maximum absolute atomic E-state index is 11.5. The SMILES string of the molecule is CCOC(=O)c1c[nH]c2ccccc12.Cl.O. The molecule has 0 amide bonds. The summed E-state index contributed by atoms with van der Waals surface area (Å²) >= 11 is 0. The van der Waals surface area contributed by atoms with Crippen molar-refractivity contribution in [1.29, 1.82) is 0 Å². The van der Waals surface area contributed by atoms with Gasteiger partial charge in [-0.15, -0.1) is 12.4 Å². The first kappa shape index (κ1) is 14.5. The molecule has 4 nitrogen and oxygen atoms in total. The number of carbonyl (C=O) groups is 1. The van der Waals surface area contributed by atoms with E-state index in [-0.39, 0.29) is 23.9 Å². The van der Waals surface area contributed by atoms with E-state index in [1.54, 1.807) is 13.1 Å². The van der Waals surface area contributed by atoms with Gasteiger partial charge in [0.1, 0.15) is 0 Å². The van der Waals surface area contributed by atoms with Crippen LogP contribution >= 0.6 is 12.4 Å². The van der Waals surface area contributed by atoms with Crippen LogP contribution in [0.1, 0.15) is 17.3 Å². The molecule has 0 aliphatic heterocycles. The Labute approximate surface area is 99.3 Å². The molecule has 3 N–H and O–H groups in total. The van der Waals surface area contributed by atoms with E-state index < -0.39 is 0 Å². The van der Waals surface area contributed by atoms with Crippen LogP contribution in [-0.2, 0) is 4.74 Å². The molecule has 0 aliphatic rings. The van der Waals surface area contributed by atoms with Crippen molar-refractivity contribution < 1.29 is 15.0 Å². The molecule has 0 bridgehead atoms. The molecule has 0 atom stereocenters. The van der Waals surface area contributed by atoms with Crippen LogP contribution in [0.25, 0.3) is 10.9 Å². The number of para-hydroxylation sites is 1. The quantitative estimate of drug-likeness (QED) is 0.819. The van der Waals surface area contributed by atoms with Gasteiger partial charge in [0.25, 0.3) is 0 Å². The summed E-state index contributed by atoms with van der Waals surface area (Å²) in [6, 6.07) is 7.66. The lowest BCUT2D eigenvalue weighted by atomic mass is 10.2. The molecular formula is C11H14ClNO3. The van der Waals surface area contributed by atoms with Gasteiger partial charge < -0.3 is 15.2 Å². The van der Waals surface area contributed by atoms with E-state index in [4.69, 9.17) is 4.74 Å². The number of esters is 1. The summed E-state index contributed by atoms with van der Waals surface area (Å²) in [6.07, 6.45) is 1.68. The van der Waals surface area contributed by atoms with Crippen molar-refractivity contribution in [2.75, 3.05) is 6.61 Å². The first-order chi connectivity index (χ1) is 6.83. The number of halogens is 1. The van der Waals surface area contributed by atoms with Gasteiger partial charge in [0.15, 0.2) is 0 Å². The highest BCUT2D eigenvalue weighted by Gasteiger charge is 2.11. The highest BCUT2D eigenvalue weighted by atomic mass is 35.5. The minimum absolute atomic E-state index is 0. The highest BCUT2D eigenvalue weighted by Crippen LogP contribution is 2.18. The minimum Gasteiger partial charge on any atom is -0.462 e. The predicted octanol–water partition coefficient (Wildman–Crippen LogP) is 1.94. The van der Waals surface area contributed by atoms with E-state index in [0.29, 0.717) is 12.2 Å². The number of carbonyl (C=O) groups excluding carboxylic acids is 1. The van der Waals surface area contributed by atoms with Crippen molar-refractivity contribution in [2.45, 2.75) is 6.92 Å². The molecule has 0 aliphatic carbocycles. The molecule has 0 unspecified atom stereocenters. The second-order valence-corrected chi connectivity index (χ2v) is 2.97. The molecule has 0 saturated carbocycles. The Morgan fingerprint density at radius 3 is 2.75 bits per heavy atom. The van der Waals surface area contributed by atoms with Gasteiger partial charge in [-0.1, -0.05) is 18.2 Å². The molecule has 0 spiro atoms. The number of nitrogens with one attached hydrogen (secondary N) is 1. The second-order valence-electron chi connectivity index (χ2n) is 2.97. The highest BCUT2D eigenvalue weighted by molar-refractivity contribution is 6.03. The number of hydrogen-bond acceptors (Lipinski definition) is 2. The number of aromatic amines is 1. The van der Waals surface area contributed by atoms with Crippen LogP contribution in [0.5, 0.6) is 0 Å². The number of ether oxygens (including phenoxy) is 1. The lowest BCUT2D eigenvalue weighted by molar-refractivity contribution is 0.0529. The summed E-state index contributed by atoms with van der Waals surface area (Å²) < 4.78 is 4.94. The predicted molar refractivity (Wildman–Crippen MR) is 65.1 cm³/mol. The zero-order valence-corrected chi connectivity index (χ0v) is 9.64. The van der Waals surface area contributed by atoms with Crippen LogP contribution in [0.3, 0.4) is 0 Å². The van der Waals surface area contributed by atoms with Crippen LogP contribution < -0.4 is 0 Å². The maximum atomic E-state index is 11.5. The number of hydrogen-bond donors (Lipinski definition) is 1. The van der Waals surface area contributed by atoms with Gasteiger partial charge in [-0.05, 0) is 13.0 Å². The molecule has 2 rings (SSSR count). The van der Waals surface area contributed by atoms with Crippen LogP contribution in [0.15, 0.2) is 30.5 Å². The molecule has 16 heavy (non-hydrogen) atoms. The van der Waals surface area contributed by atoms with Crippen molar-refractivity contribution in [3.63, 3.8) is 0 Å². The van der Waals surface area contributed by atoms with E-state index in [0.717, 1.165) is 10.9 Å². The van der Waals surface area contributed by atoms with Crippen LogP contribution in [-0.4, -0.2) is 23.0 Å². The summed E-state index contributed by atoms with van der Waals surface area (Å²) in [7, 11) is 0. The molecule has 1 aromatic carbocycles. The molecule has 0 fully saturated rings. The summed E-state index contributed by atoms with van der Waals surface area (Å²) in [5, 5.41) is 0.908. The van der Waals surface area contributed by atoms with E-state index in [9.17, 15) is 4.79 Å². The van der Waals surface area contributed by atoms with Gasteiger partial charge in [-0.25, -0.2) is 4.79 Å². The molecule has 1 heterocycles. The second kappa shape index (κ2) is 6.15. The van der Waals surface area contributed by atoms with E-state index in [1.165, 1.54) is 0 Å². The zero-order valence-electron chi connectivity index (χ0n) is 8.82. The number of rotatable bonds is 2. The fourth-order valence-electron chi connectivity index (χ4n) is 1.45. The average Bonchev–Trinajstić information content (AvgIpc) is 2.61. The fourth-order valence-corrected chi connectivity index (χ4v) is 1.45. The first-order valence-electron chi connectivity index (χ1n) is 4.56. The summed E-state index contributed by atoms with van der Waals surface area (Å²) in [5.41, 5.74) is 1.55. The average molecular weight is 244 g/mol. The standard InChI is InChI=1S/C11H11NO2.ClH.H2O/c1-2-14-11(13)9-7-12-10-6-4-3-5-8(9)10;;/h3-7,12H,2H2,1H3;1H;1H2. The smallest absolute Gasteiger partial charge is 0.340 e. The van der Waals surface area contributed by atoms with E-state index in [1.807, 2.05) is 24.3 Å². The van der Waals surface area contributed by atoms with E-state index in [2.05, 4.69) is 4.98 Å². The lowest BCUT2D eigenvalue weighted by Crippen LogP contribution is -2.03. The Bertz CT molecular complexity index is 467. The fraction of sp³-hybridized carbons (Fsp3) is 0.182. The third-order valence-corrected chi connectivity index (χ3v) is 2.08. The Morgan fingerprint density at radius 1 is 1.38 bits per heavy atom. The Balaban J connectivity index is 0.00000112. The third kappa shape index (κ3) is 2.53. The monoisotopic (exact) mass is 243 g/mol. The molecule has 0 radical (unpaired) electrons. The normalized spacial score (nSPS) is 9.06. The van der Waals surface area contributed by atoms with Gasteiger partial charge in [-0.2, -0.15) is 0 Å². The minimum atomic E-state index is -0.273. The molecular weight excluding hydrogens is 230 g/mol. The van der Waals surface area contributed by atoms with Crippen molar-refractivity contribution in [3.8, 4) is 0 Å². The van der Waals surface area contributed by atoms with Gasteiger partial charge >= 0.3 is 5.97 Å². The van der Waals surface area contributed by atoms with Crippen molar-refractivity contribution >= 4 is 29.3 Å². The maximum Gasteiger partial charge on any atom is 0.340 e. The number of H-pyrrole nitrogens is 1. The van der Waals surface area contributed by atoms with Crippen LogP contribution in [0.2, 0.25) is 0 Å². The van der Waals surface area contributed by atoms with Gasteiger partial charge in [0.05, 0.1) is 12.2 Å². The topological polar surface area (TPSA) is 73.6 Å². The molecule has 2 aromatic rings. The van der Waals surface area contributed by atoms with Crippen LogP contribution in [0.4, 0.5) is 0 Å². The van der Waals surface area contributed by atoms with Crippen LogP contribution in [0, 0.1) is 0 Å². The molecule has 5 heteroatoms. The van der Waals surface area contributed by atoms with Gasteiger partial charge in [-0.3, -0.25) is 0 Å². The summed E-state index contributed by atoms with van der Waals surface area (Å²) in [4.78, 5) is 14.5. The molecule has 1 aromatic heterocycles. The van der Waals surface area contributed by atoms with Crippen molar-refractivity contribution in [2.24, 2.45) is 0 Å². The number of fused-ring (bicyclic) bond motifs is 1. The van der Waals surface area contributed by atoms with Crippen molar-refractivity contribution in [1.82, 2.24) is 4.98 Å². The van der Waals surface area contributed by atoms with Crippen molar-refractivity contribution in [3.05, 3.63) is 36.0 Å². The molecule has 88 valence electrons. The lowest BCUT2D eigenvalue weighted by Gasteiger charge is -1.98. The Morgan fingerprint density at radius 2 is 2.06 bits per heavy atom. The van der Waals surface area contributed by atoms with Gasteiger partial charge in [0.2, 0.25) is 0 Å². The number of aromatic nitrogens is 1. The third-order valence-electron chi connectivity index (χ3n) is 2.08. The summed E-state index contributed by atoms with van der Waals surface area (Å²) in [5.74, 6) is -0.273.